The Morgan fingerprint density at radius 3 is 2.71 bits per heavy atom. The standard InChI is InChI=1S/C28H26F2N8/c1-28(2)13-18(9-11-33-28)34-27-24-19(16-4-3-5-16)14-31-15-21(24)35-25(38-27)17-8-10-32-23(12-17)37-26-20(29)6-7-22(30)36-26/h3-8,10,12,14-15,18,33H,9,11,13H2,1-2H3,(H,32,36,37)(H,34,35,38). The predicted octanol–water partition coefficient (Wildman–Crippen LogP) is 5.40. The number of pyridine rings is 3. The maximum atomic E-state index is 14.1. The number of allylic oxidation sites excluding steroid dienone is 4. The molecular weight excluding hydrogens is 486 g/mol. The Balaban J connectivity index is 1.41. The summed E-state index contributed by atoms with van der Waals surface area (Å²) in [5.74, 6) is -0.247. The molecule has 0 bridgehead atoms. The molecule has 0 spiro atoms. The second kappa shape index (κ2) is 9.53. The van der Waals surface area contributed by atoms with Crippen molar-refractivity contribution >= 4 is 33.9 Å². The number of aromatic nitrogens is 5. The van der Waals surface area contributed by atoms with Crippen LogP contribution in [-0.4, -0.2) is 43.0 Å². The topological polar surface area (TPSA) is 101 Å². The molecule has 1 fully saturated rings. The Morgan fingerprint density at radius 2 is 1.92 bits per heavy atom. The van der Waals surface area contributed by atoms with Crippen LogP contribution >= 0.6 is 0 Å². The molecule has 5 heterocycles. The number of nitrogens with one attached hydrogen (secondary N) is 3. The molecule has 0 saturated carbocycles. The number of hydrogen-bond donors (Lipinski definition) is 3. The summed E-state index contributed by atoms with van der Waals surface area (Å²) in [5.41, 5.74) is 3.42. The molecule has 4 aromatic rings. The second-order valence-electron chi connectivity index (χ2n) is 10.1. The smallest absolute Gasteiger partial charge is 0.214 e. The van der Waals surface area contributed by atoms with Gasteiger partial charge in [0.15, 0.2) is 17.5 Å². The summed E-state index contributed by atoms with van der Waals surface area (Å²) in [7, 11) is 0. The van der Waals surface area contributed by atoms with Crippen LogP contribution in [0.25, 0.3) is 27.9 Å². The Bertz CT molecular complexity index is 1600. The van der Waals surface area contributed by atoms with Gasteiger partial charge in [0.2, 0.25) is 5.95 Å². The van der Waals surface area contributed by atoms with Crippen molar-refractivity contribution in [2.24, 2.45) is 0 Å². The third-order valence-corrected chi connectivity index (χ3v) is 6.74. The van der Waals surface area contributed by atoms with Gasteiger partial charge in [0.1, 0.15) is 11.6 Å². The molecule has 0 radical (unpaired) electrons. The average Bonchev–Trinajstić information content (AvgIpc) is 2.85. The van der Waals surface area contributed by atoms with E-state index in [9.17, 15) is 8.78 Å². The van der Waals surface area contributed by atoms with Gasteiger partial charge in [-0.05, 0) is 63.1 Å². The van der Waals surface area contributed by atoms with E-state index in [0.717, 1.165) is 53.9 Å². The lowest BCUT2D eigenvalue weighted by Gasteiger charge is -2.37. The van der Waals surface area contributed by atoms with Crippen molar-refractivity contribution in [3.05, 3.63) is 78.4 Å². The number of fused-ring (bicyclic) bond motifs is 1. The van der Waals surface area contributed by atoms with E-state index in [-0.39, 0.29) is 23.2 Å². The fourth-order valence-electron chi connectivity index (χ4n) is 4.87. The van der Waals surface area contributed by atoms with E-state index in [2.05, 4.69) is 44.7 Å². The summed E-state index contributed by atoms with van der Waals surface area (Å²) in [5, 5.41) is 10.9. The van der Waals surface area contributed by atoms with Crippen molar-refractivity contribution in [1.29, 1.82) is 0 Å². The fraction of sp³-hybridized carbons (Fsp3) is 0.250. The van der Waals surface area contributed by atoms with E-state index >= 15 is 0 Å². The zero-order chi connectivity index (χ0) is 26.3. The molecular formula is C28H26F2N8. The quantitative estimate of drug-likeness (QED) is 0.295. The highest BCUT2D eigenvalue weighted by molar-refractivity contribution is 6.02. The number of hydrogen-bond acceptors (Lipinski definition) is 8. The maximum absolute atomic E-state index is 14.1. The molecule has 0 aromatic carbocycles. The normalized spacial score (nSPS) is 18.1. The number of nitrogens with zero attached hydrogens (tertiary/aromatic N) is 5. The number of piperidine rings is 1. The molecule has 0 amide bonds. The van der Waals surface area contributed by atoms with Crippen LogP contribution in [0.15, 0.2) is 61.1 Å². The zero-order valence-corrected chi connectivity index (χ0v) is 21.0. The van der Waals surface area contributed by atoms with Crippen LogP contribution in [0.1, 0.15) is 32.3 Å². The lowest BCUT2D eigenvalue weighted by atomic mass is 9.89. The highest BCUT2D eigenvalue weighted by Gasteiger charge is 2.28. The maximum Gasteiger partial charge on any atom is 0.214 e. The Kier molecular flexibility index (Phi) is 6.03. The van der Waals surface area contributed by atoms with Gasteiger partial charge in [-0.15, -0.1) is 0 Å². The van der Waals surface area contributed by atoms with Crippen LogP contribution in [0.5, 0.6) is 0 Å². The molecule has 38 heavy (non-hydrogen) atoms. The van der Waals surface area contributed by atoms with Crippen molar-refractivity contribution in [3.63, 3.8) is 0 Å². The van der Waals surface area contributed by atoms with Crippen molar-refractivity contribution in [3.8, 4) is 11.4 Å². The van der Waals surface area contributed by atoms with Crippen LogP contribution in [0.4, 0.5) is 26.2 Å². The van der Waals surface area contributed by atoms with Gasteiger partial charge in [0.25, 0.3) is 0 Å². The van der Waals surface area contributed by atoms with Crippen molar-refractivity contribution in [1.82, 2.24) is 30.2 Å². The molecule has 1 aliphatic carbocycles. The molecule has 2 aliphatic rings. The van der Waals surface area contributed by atoms with E-state index in [1.165, 1.54) is 0 Å². The minimum absolute atomic E-state index is 0.0110. The van der Waals surface area contributed by atoms with E-state index < -0.39 is 11.8 Å². The SMILES string of the molecule is CC1(C)CC(Nc2nc(-c3ccnc(Nc4nc(F)ccc4F)c3)nc3cncc(C4=CC=C4)c23)CCN1. The third-order valence-electron chi connectivity index (χ3n) is 6.74. The van der Waals surface area contributed by atoms with Crippen molar-refractivity contribution < 1.29 is 8.78 Å². The first-order valence-corrected chi connectivity index (χ1v) is 12.5. The molecule has 1 aliphatic heterocycles. The molecule has 10 heteroatoms. The van der Waals surface area contributed by atoms with Gasteiger partial charge in [-0.2, -0.15) is 9.37 Å². The summed E-state index contributed by atoms with van der Waals surface area (Å²) in [6.45, 7) is 5.31. The molecule has 192 valence electrons. The summed E-state index contributed by atoms with van der Waals surface area (Å²) in [6.07, 6.45) is 13.1. The molecule has 1 unspecified atom stereocenters. The zero-order valence-electron chi connectivity index (χ0n) is 21.0. The van der Waals surface area contributed by atoms with Gasteiger partial charge in [0.05, 0.1) is 17.1 Å². The molecule has 6 rings (SSSR count). The summed E-state index contributed by atoms with van der Waals surface area (Å²) < 4.78 is 27.7. The third kappa shape index (κ3) is 4.82. The van der Waals surface area contributed by atoms with E-state index in [0.29, 0.717) is 16.9 Å². The van der Waals surface area contributed by atoms with Gasteiger partial charge in [-0.1, -0.05) is 18.2 Å². The first-order chi connectivity index (χ1) is 18.3. The second-order valence-corrected chi connectivity index (χ2v) is 10.1. The average molecular weight is 513 g/mol. The van der Waals surface area contributed by atoms with Crippen LogP contribution in [0.3, 0.4) is 0 Å². The molecule has 1 atom stereocenters. The van der Waals surface area contributed by atoms with Gasteiger partial charge in [-0.25, -0.2) is 19.3 Å². The minimum Gasteiger partial charge on any atom is -0.367 e. The van der Waals surface area contributed by atoms with Gasteiger partial charge >= 0.3 is 0 Å². The fourth-order valence-corrected chi connectivity index (χ4v) is 4.87. The molecule has 8 nitrogen and oxygen atoms in total. The van der Waals surface area contributed by atoms with Crippen LogP contribution in [-0.2, 0) is 0 Å². The lowest BCUT2D eigenvalue weighted by molar-refractivity contribution is 0.286. The van der Waals surface area contributed by atoms with Gasteiger partial charge < -0.3 is 16.0 Å². The Morgan fingerprint density at radius 1 is 1.05 bits per heavy atom. The minimum atomic E-state index is -0.792. The monoisotopic (exact) mass is 512 g/mol. The van der Waals surface area contributed by atoms with E-state index in [1.807, 2.05) is 24.4 Å². The molecule has 1 saturated heterocycles. The van der Waals surface area contributed by atoms with Crippen LogP contribution in [0.2, 0.25) is 0 Å². The molecule has 3 N–H and O–H groups in total. The van der Waals surface area contributed by atoms with E-state index in [4.69, 9.17) is 9.97 Å². The first-order valence-electron chi connectivity index (χ1n) is 12.5. The number of halogens is 2. The Hall–Kier alpha value is -4.31. The summed E-state index contributed by atoms with van der Waals surface area (Å²) in [6, 6.07) is 5.65. The molecule has 4 aromatic heterocycles. The predicted molar refractivity (Wildman–Crippen MR) is 144 cm³/mol. The Labute approximate surface area is 218 Å². The van der Waals surface area contributed by atoms with Crippen LogP contribution in [0, 0.1) is 11.8 Å². The van der Waals surface area contributed by atoms with Crippen molar-refractivity contribution in [2.45, 2.75) is 38.3 Å². The van der Waals surface area contributed by atoms with Gasteiger partial charge in [0, 0.05) is 35.1 Å². The van der Waals surface area contributed by atoms with Gasteiger partial charge in [-0.3, -0.25) is 4.98 Å². The van der Waals surface area contributed by atoms with Crippen molar-refractivity contribution in [2.75, 3.05) is 17.2 Å². The summed E-state index contributed by atoms with van der Waals surface area (Å²) >= 11 is 0. The number of anilines is 3. The lowest BCUT2D eigenvalue weighted by Crippen LogP contribution is -2.50. The van der Waals surface area contributed by atoms with E-state index in [1.54, 1.807) is 24.5 Å². The highest BCUT2D eigenvalue weighted by atomic mass is 19.1. The van der Waals surface area contributed by atoms with Crippen LogP contribution < -0.4 is 16.0 Å². The highest BCUT2D eigenvalue weighted by Crippen LogP contribution is 2.35. The summed E-state index contributed by atoms with van der Waals surface area (Å²) in [4.78, 5) is 22.1. The largest absolute Gasteiger partial charge is 0.367 e. The first kappa shape index (κ1) is 24.1. The number of rotatable bonds is 6.